The molecule has 1 saturated carbocycles. The summed E-state index contributed by atoms with van der Waals surface area (Å²) in [5.74, 6) is 0.283. The number of nitrogens with zero attached hydrogens (tertiary/aromatic N) is 4. The lowest BCUT2D eigenvalue weighted by Crippen LogP contribution is -2.59. The smallest absolute Gasteiger partial charge is 0.337 e. The number of fused-ring (bicyclic) bond motifs is 2. The van der Waals surface area contributed by atoms with Crippen LogP contribution in [0, 0.1) is 5.92 Å². The number of carbonyl (C=O) groups excluding carboxylic acids is 3. The zero-order valence-corrected chi connectivity index (χ0v) is 34.7. The number of rotatable bonds is 16. The minimum atomic E-state index is -1.39. The molecule has 12 heteroatoms. The first kappa shape index (κ1) is 42.2. The van der Waals surface area contributed by atoms with Crippen molar-refractivity contribution < 1.29 is 28.6 Å². The van der Waals surface area contributed by atoms with E-state index in [1.807, 2.05) is 82.2 Å². The largest absolute Gasteiger partial charge is 0.496 e. The third kappa shape index (κ3) is 9.37. The average molecular weight is 769 g/mol. The molecule has 1 heterocycles. The molecule has 1 aromatic heterocycles. The van der Waals surface area contributed by atoms with E-state index in [4.69, 9.17) is 25.0 Å². The van der Waals surface area contributed by atoms with E-state index in [-0.39, 0.29) is 17.5 Å². The van der Waals surface area contributed by atoms with Crippen molar-refractivity contribution in [1.82, 2.24) is 24.9 Å². The summed E-state index contributed by atoms with van der Waals surface area (Å²) in [6.45, 7) is 12.1. The first-order chi connectivity index (χ1) is 26.6. The van der Waals surface area contributed by atoms with Gasteiger partial charge in [-0.2, -0.15) is 5.10 Å². The second kappa shape index (κ2) is 17.9. The number of aromatic nitrogens is 2. The molecular weight excluding hydrogens is 709 g/mol. The number of amides is 2. The van der Waals surface area contributed by atoms with Gasteiger partial charge in [-0.1, -0.05) is 19.9 Å². The minimum absolute atomic E-state index is 0.0338. The van der Waals surface area contributed by atoms with Gasteiger partial charge in [-0.05, 0) is 146 Å². The van der Waals surface area contributed by atoms with Gasteiger partial charge in [-0.25, -0.2) is 9.48 Å². The number of methoxy groups -OCH3 is 2. The van der Waals surface area contributed by atoms with Crippen LogP contribution in [0.3, 0.4) is 0 Å². The van der Waals surface area contributed by atoms with Crippen LogP contribution in [0.1, 0.15) is 105 Å². The van der Waals surface area contributed by atoms with Crippen LogP contribution in [0.4, 0.5) is 0 Å². The van der Waals surface area contributed by atoms with Crippen LogP contribution in [0.2, 0.25) is 0 Å². The summed E-state index contributed by atoms with van der Waals surface area (Å²) in [6.07, 6.45) is 6.18. The Balaban J connectivity index is 1.64. The Morgan fingerprint density at radius 2 is 1.73 bits per heavy atom. The Kier molecular flexibility index (Phi) is 13.5. The highest BCUT2D eigenvalue weighted by molar-refractivity contribution is 6.00. The first-order valence-electron chi connectivity index (χ1n) is 19.7. The molecule has 2 unspecified atom stereocenters. The van der Waals surface area contributed by atoms with Crippen molar-refractivity contribution in [3.63, 3.8) is 0 Å². The normalized spacial score (nSPS) is 17.8. The van der Waals surface area contributed by atoms with Gasteiger partial charge in [0.15, 0.2) is 11.2 Å². The first-order valence-corrected chi connectivity index (χ1v) is 19.7. The maximum atomic E-state index is 14.6. The summed E-state index contributed by atoms with van der Waals surface area (Å²) in [6, 6.07) is 12.8. The molecule has 3 aromatic rings. The van der Waals surface area contributed by atoms with Crippen LogP contribution in [-0.4, -0.2) is 103 Å². The summed E-state index contributed by atoms with van der Waals surface area (Å²) in [4.78, 5) is 46.7. The molecule has 2 amide bonds. The molecule has 0 radical (unpaired) electrons. The fraction of sp³-hybridized carbons (Fsp3) is 0.523. The highest BCUT2D eigenvalue weighted by atomic mass is 16.6. The second-order valence-corrected chi connectivity index (χ2v) is 16.4. The van der Waals surface area contributed by atoms with E-state index in [9.17, 15) is 14.4 Å². The van der Waals surface area contributed by atoms with Crippen molar-refractivity contribution >= 4 is 17.8 Å². The third-order valence-electron chi connectivity index (χ3n) is 10.4. The Morgan fingerprint density at radius 3 is 2.36 bits per heavy atom. The molecule has 2 atom stereocenters. The van der Waals surface area contributed by atoms with Crippen molar-refractivity contribution in [2.24, 2.45) is 11.7 Å². The van der Waals surface area contributed by atoms with E-state index in [1.54, 1.807) is 25.0 Å². The molecule has 3 N–H and O–H groups in total. The Morgan fingerprint density at radius 1 is 1.04 bits per heavy atom. The molecule has 302 valence electrons. The lowest BCUT2D eigenvalue weighted by Gasteiger charge is -2.42. The predicted octanol–water partition coefficient (Wildman–Crippen LogP) is 6.52. The van der Waals surface area contributed by atoms with Gasteiger partial charge >= 0.3 is 5.97 Å². The molecule has 2 aromatic carbocycles. The zero-order valence-electron chi connectivity index (χ0n) is 34.7. The average Bonchev–Trinajstić information content (AvgIpc) is 3.61. The fourth-order valence-corrected chi connectivity index (χ4v) is 7.56. The molecule has 12 nitrogen and oxygen atoms in total. The molecule has 2 aliphatic carbocycles. The van der Waals surface area contributed by atoms with Crippen LogP contribution in [-0.2, 0) is 9.53 Å². The topological polar surface area (TPSA) is 141 Å². The van der Waals surface area contributed by atoms with Crippen molar-refractivity contribution in [2.45, 2.75) is 90.2 Å². The van der Waals surface area contributed by atoms with Crippen LogP contribution in [0.25, 0.3) is 16.9 Å². The van der Waals surface area contributed by atoms with Gasteiger partial charge in [-0.3, -0.25) is 9.59 Å². The molecular formula is C44H60N6O6. The molecule has 5 rings (SSSR count). The van der Waals surface area contributed by atoms with Gasteiger partial charge < -0.3 is 35.1 Å². The van der Waals surface area contributed by atoms with Gasteiger partial charge in [0.1, 0.15) is 17.1 Å². The summed E-state index contributed by atoms with van der Waals surface area (Å²) in [7, 11) is 7.20. The lowest BCUT2D eigenvalue weighted by molar-refractivity contribution is -0.162. The van der Waals surface area contributed by atoms with E-state index in [0.29, 0.717) is 78.8 Å². The summed E-state index contributed by atoms with van der Waals surface area (Å²) >= 11 is 0. The van der Waals surface area contributed by atoms with Crippen LogP contribution >= 0.6 is 0 Å². The highest BCUT2D eigenvalue weighted by Crippen LogP contribution is 2.43. The zero-order chi connectivity index (χ0) is 40.8. The minimum Gasteiger partial charge on any atom is -0.496 e. The number of hydrogen-bond acceptors (Lipinski definition) is 9. The summed E-state index contributed by atoms with van der Waals surface area (Å²) in [5, 5.41) is 8.07. The Bertz CT molecular complexity index is 1950. The molecule has 0 aliphatic heterocycles. The molecule has 0 spiro atoms. The van der Waals surface area contributed by atoms with Crippen LogP contribution in [0.15, 0.2) is 59.8 Å². The number of nitrogens with one attached hydrogen (secondary N) is 1. The maximum absolute atomic E-state index is 14.6. The number of benzene rings is 2. The molecule has 0 saturated heterocycles. The van der Waals surface area contributed by atoms with Gasteiger partial charge in [0, 0.05) is 24.2 Å². The number of nitrogens with two attached hydrogens (primary N) is 1. The predicted molar refractivity (Wildman–Crippen MR) is 219 cm³/mol. The van der Waals surface area contributed by atoms with Crippen LogP contribution in [0.5, 0.6) is 11.5 Å². The number of carbonyl (C=O) groups is 3. The summed E-state index contributed by atoms with van der Waals surface area (Å²) < 4.78 is 19.3. The number of hydrogen-bond donors (Lipinski definition) is 2. The molecule has 56 heavy (non-hydrogen) atoms. The van der Waals surface area contributed by atoms with Crippen molar-refractivity contribution in [3.8, 4) is 28.4 Å². The van der Waals surface area contributed by atoms with E-state index in [1.165, 1.54) is 0 Å². The quantitative estimate of drug-likeness (QED) is 0.123. The second-order valence-electron chi connectivity index (χ2n) is 16.4. The van der Waals surface area contributed by atoms with Crippen molar-refractivity contribution in [2.75, 3.05) is 54.5 Å². The maximum Gasteiger partial charge on any atom is 0.337 e. The lowest BCUT2D eigenvalue weighted by atomic mass is 9.70. The Labute approximate surface area is 332 Å². The Hall–Kier alpha value is -4.90. The fourth-order valence-electron chi connectivity index (χ4n) is 7.56. The monoisotopic (exact) mass is 768 g/mol. The van der Waals surface area contributed by atoms with Crippen LogP contribution < -0.4 is 20.5 Å². The highest BCUT2D eigenvalue weighted by Gasteiger charge is 2.50. The van der Waals surface area contributed by atoms with E-state index in [0.717, 1.165) is 36.9 Å². The third-order valence-corrected chi connectivity index (χ3v) is 10.4. The SMILES string of the molecule is COc1cccc(OC)c1-c1cc(C(=O)NC2(C(=O)OC(C)(C)C)CCC3CC=C=C2C3)nn1-c1ccc(C(=O)N(CCCN)CCCN(C)C)cc1C(C)C. The van der Waals surface area contributed by atoms with E-state index >= 15 is 0 Å². The van der Waals surface area contributed by atoms with Gasteiger partial charge in [0.2, 0.25) is 0 Å². The van der Waals surface area contributed by atoms with E-state index in [2.05, 4.69) is 29.8 Å². The summed E-state index contributed by atoms with van der Waals surface area (Å²) in [5.41, 5.74) is 11.0. The molecule has 2 aliphatic rings. The van der Waals surface area contributed by atoms with E-state index < -0.39 is 23.0 Å². The standard InChI is InChI=1S/C44H60N6O6/c1-29(2)33-27-31(41(52)49(24-12-22-45)25-13-23-48(6)7)18-19-35(33)50-36(39-37(54-8)16-11-17-38(39)55-9)28-34(47-50)40(51)46-44(42(53)56-43(3,4)5)21-20-30-14-10-15-32(44)26-30/h10-11,16-19,27-30H,12-14,20-26,45H2,1-9H3,(H,46,51). The molecule has 1 fully saturated rings. The number of esters is 1. The van der Waals surface area contributed by atoms with Crippen molar-refractivity contribution in [1.29, 1.82) is 0 Å². The van der Waals surface area contributed by atoms with Gasteiger partial charge in [-0.15, -0.1) is 5.73 Å². The van der Waals surface area contributed by atoms with Gasteiger partial charge in [0.05, 0.1) is 31.2 Å². The van der Waals surface area contributed by atoms with Crippen molar-refractivity contribution in [3.05, 3.63) is 76.7 Å². The number of ether oxygens (including phenoxy) is 3. The van der Waals surface area contributed by atoms with Gasteiger partial charge in [0.25, 0.3) is 11.8 Å². The molecule has 2 bridgehead atoms.